The van der Waals surface area contributed by atoms with E-state index in [1.54, 1.807) is 6.92 Å². The Hall–Kier alpha value is -0.730. The molecule has 0 radical (unpaired) electrons. The van der Waals surface area contributed by atoms with Crippen LogP contribution in [-0.2, 0) is 9.53 Å². The summed E-state index contributed by atoms with van der Waals surface area (Å²) in [5, 5.41) is -1.42. The van der Waals surface area contributed by atoms with Crippen molar-refractivity contribution in [2.45, 2.75) is 17.7 Å². The third-order valence-corrected chi connectivity index (χ3v) is 2.95. The molecular weight excluding hydrogens is 235 g/mol. The molecule has 1 aromatic carbocycles. The highest BCUT2D eigenvalue weighted by Crippen LogP contribution is 2.28. The van der Waals surface area contributed by atoms with Crippen LogP contribution < -0.4 is 0 Å². The molecule has 4 heteroatoms. The Balaban J connectivity index is 2.68. The van der Waals surface area contributed by atoms with Crippen molar-refractivity contribution in [3.63, 3.8) is 0 Å². The maximum Gasteiger partial charge on any atom is 0.325 e. The first-order chi connectivity index (χ1) is 7.16. The second kappa shape index (κ2) is 5.99. The standard InChI is InChI=1S/C11H12Cl2O2/c1-2-15-11(14)10(13)9(12)8-6-4-3-5-7-8/h3-7,9-10H,2H2,1H3. The average Bonchev–Trinajstić information content (AvgIpc) is 2.28. The summed E-state index contributed by atoms with van der Waals surface area (Å²) < 4.78 is 4.79. The van der Waals surface area contributed by atoms with Gasteiger partial charge in [-0.25, -0.2) is 0 Å². The van der Waals surface area contributed by atoms with Crippen molar-refractivity contribution in [2.24, 2.45) is 0 Å². The van der Waals surface area contributed by atoms with E-state index in [0.717, 1.165) is 5.56 Å². The van der Waals surface area contributed by atoms with Gasteiger partial charge < -0.3 is 4.74 Å². The Morgan fingerprint density at radius 1 is 1.33 bits per heavy atom. The van der Waals surface area contributed by atoms with Crippen LogP contribution >= 0.6 is 23.2 Å². The highest BCUT2D eigenvalue weighted by atomic mass is 35.5. The van der Waals surface area contributed by atoms with Crippen molar-refractivity contribution in [1.29, 1.82) is 0 Å². The van der Waals surface area contributed by atoms with Gasteiger partial charge in [0.05, 0.1) is 12.0 Å². The predicted molar refractivity (Wildman–Crippen MR) is 61.3 cm³/mol. The lowest BCUT2D eigenvalue weighted by Gasteiger charge is -2.14. The number of hydrogen-bond acceptors (Lipinski definition) is 2. The molecule has 82 valence electrons. The van der Waals surface area contributed by atoms with E-state index < -0.39 is 16.7 Å². The van der Waals surface area contributed by atoms with Crippen molar-refractivity contribution >= 4 is 29.2 Å². The van der Waals surface area contributed by atoms with Gasteiger partial charge in [-0.2, -0.15) is 0 Å². The van der Waals surface area contributed by atoms with E-state index in [0.29, 0.717) is 6.61 Å². The van der Waals surface area contributed by atoms with E-state index in [9.17, 15) is 4.79 Å². The normalized spacial score (nSPS) is 14.3. The number of esters is 1. The fourth-order valence-electron chi connectivity index (χ4n) is 1.15. The Kier molecular flexibility index (Phi) is 4.92. The summed E-state index contributed by atoms with van der Waals surface area (Å²) in [6.45, 7) is 2.04. The largest absolute Gasteiger partial charge is 0.465 e. The zero-order chi connectivity index (χ0) is 11.3. The van der Waals surface area contributed by atoms with Crippen LogP contribution in [0.1, 0.15) is 17.9 Å². The summed E-state index contributed by atoms with van der Waals surface area (Å²) >= 11 is 11.9. The van der Waals surface area contributed by atoms with Crippen molar-refractivity contribution in [2.75, 3.05) is 6.61 Å². The summed E-state index contributed by atoms with van der Waals surface area (Å²) in [6.07, 6.45) is 0. The summed E-state index contributed by atoms with van der Waals surface area (Å²) in [6, 6.07) is 9.22. The van der Waals surface area contributed by atoms with Crippen LogP contribution in [0.5, 0.6) is 0 Å². The number of alkyl halides is 2. The molecular formula is C11H12Cl2O2. The quantitative estimate of drug-likeness (QED) is 0.603. The van der Waals surface area contributed by atoms with Gasteiger partial charge in [0, 0.05) is 0 Å². The van der Waals surface area contributed by atoms with Gasteiger partial charge in [-0.3, -0.25) is 4.79 Å². The highest BCUT2D eigenvalue weighted by molar-refractivity contribution is 6.36. The minimum Gasteiger partial charge on any atom is -0.465 e. The smallest absolute Gasteiger partial charge is 0.325 e. The topological polar surface area (TPSA) is 26.3 Å². The third-order valence-electron chi connectivity index (χ3n) is 1.89. The molecule has 0 aromatic heterocycles. The molecule has 15 heavy (non-hydrogen) atoms. The van der Waals surface area contributed by atoms with Crippen molar-refractivity contribution < 1.29 is 9.53 Å². The van der Waals surface area contributed by atoms with Crippen LogP contribution in [0.15, 0.2) is 30.3 Å². The van der Waals surface area contributed by atoms with E-state index in [4.69, 9.17) is 27.9 Å². The number of benzene rings is 1. The highest BCUT2D eigenvalue weighted by Gasteiger charge is 2.26. The van der Waals surface area contributed by atoms with Gasteiger partial charge in [-0.05, 0) is 12.5 Å². The van der Waals surface area contributed by atoms with E-state index in [-0.39, 0.29) is 0 Å². The van der Waals surface area contributed by atoms with Crippen LogP contribution in [0, 0.1) is 0 Å². The Morgan fingerprint density at radius 3 is 2.47 bits per heavy atom. The van der Waals surface area contributed by atoms with E-state index in [1.807, 2.05) is 30.3 Å². The second-order valence-corrected chi connectivity index (χ2v) is 3.91. The molecule has 0 saturated carbocycles. The number of halogens is 2. The summed E-state index contributed by atoms with van der Waals surface area (Å²) in [7, 11) is 0. The fraction of sp³-hybridized carbons (Fsp3) is 0.364. The van der Waals surface area contributed by atoms with Crippen LogP contribution in [0.25, 0.3) is 0 Å². The summed E-state index contributed by atoms with van der Waals surface area (Å²) in [5.41, 5.74) is 0.812. The molecule has 0 amide bonds. The molecule has 2 atom stereocenters. The van der Waals surface area contributed by atoms with Crippen LogP contribution in [0.2, 0.25) is 0 Å². The molecule has 1 rings (SSSR count). The van der Waals surface area contributed by atoms with Crippen molar-refractivity contribution in [3.8, 4) is 0 Å². The van der Waals surface area contributed by atoms with Crippen LogP contribution in [0.4, 0.5) is 0 Å². The fourth-order valence-corrected chi connectivity index (χ4v) is 1.60. The molecule has 0 bridgehead atoms. The molecule has 0 aliphatic rings. The zero-order valence-corrected chi connectivity index (χ0v) is 9.83. The maximum absolute atomic E-state index is 11.3. The van der Waals surface area contributed by atoms with Crippen LogP contribution in [0.3, 0.4) is 0 Å². The summed E-state index contributed by atoms with van der Waals surface area (Å²) in [5.74, 6) is -0.483. The van der Waals surface area contributed by atoms with Gasteiger partial charge in [0.2, 0.25) is 0 Å². The lowest BCUT2D eigenvalue weighted by Crippen LogP contribution is -2.22. The second-order valence-electron chi connectivity index (χ2n) is 2.97. The van der Waals surface area contributed by atoms with Gasteiger partial charge >= 0.3 is 5.97 Å². The molecule has 0 N–H and O–H groups in total. The molecule has 0 heterocycles. The maximum atomic E-state index is 11.3. The van der Waals surface area contributed by atoms with Gasteiger partial charge in [-0.1, -0.05) is 30.3 Å². The van der Waals surface area contributed by atoms with Gasteiger partial charge in [0.1, 0.15) is 0 Å². The zero-order valence-electron chi connectivity index (χ0n) is 8.32. The first-order valence-corrected chi connectivity index (χ1v) is 5.53. The average molecular weight is 247 g/mol. The monoisotopic (exact) mass is 246 g/mol. The first-order valence-electron chi connectivity index (χ1n) is 4.66. The van der Waals surface area contributed by atoms with Crippen molar-refractivity contribution in [3.05, 3.63) is 35.9 Å². The molecule has 0 spiro atoms. The molecule has 0 fully saturated rings. The van der Waals surface area contributed by atoms with E-state index >= 15 is 0 Å². The minimum atomic E-state index is -0.853. The summed E-state index contributed by atoms with van der Waals surface area (Å²) in [4.78, 5) is 11.3. The molecule has 0 saturated heterocycles. The SMILES string of the molecule is CCOC(=O)C(Cl)C(Cl)c1ccccc1. The number of rotatable bonds is 4. The molecule has 1 aromatic rings. The Bertz CT molecular complexity index is 314. The molecule has 0 aliphatic heterocycles. The number of ether oxygens (including phenoxy) is 1. The first kappa shape index (κ1) is 12.3. The lowest BCUT2D eigenvalue weighted by molar-refractivity contribution is -0.142. The minimum absolute atomic E-state index is 0.306. The van der Waals surface area contributed by atoms with E-state index in [1.165, 1.54) is 0 Å². The third kappa shape index (κ3) is 3.40. The molecule has 2 unspecified atom stereocenters. The van der Waals surface area contributed by atoms with Gasteiger partial charge in [0.15, 0.2) is 5.38 Å². The molecule has 2 nitrogen and oxygen atoms in total. The lowest BCUT2D eigenvalue weighted by atomic mass is 10.1. The Morgan fingerprint density at radius 2 is 1.93 bits per heavy atom. The van der Waals surface area contributed by atoms with Crippen LogP contribution in [-0.4, -0.2) is 18.0 Å². The molecule has 0 aliphatic carbocycles. The van der Waals surface area contributed by atoms with Crippen molar-refractivity contribution in [1.82, 2.24) is 0 Å². The van der Waals surface area contributed by atoms with Gasteiger partial charge in [0.25, 0.3) is 0 Å². The number of carbonyl (C=O) groups is 1. The van der Waals surface area contributed by atoms with Gasteiger partial charge in [-0.15, -0.1) is 23.2 Å². The Labute approximate surface area is 99.1 Å². The van der Waals surface area contributed by atoms with E-state index in [2.05, 4.69) is 0 Å². The number of hydrogen-bond donors (Lipinski definition) is 0. The predicted octanol–water partition coefficient (Wildman–Crippen LogP) is 3.14. The number of carbonyl (C=O) groups excluding carboxylic acids is 1.